The molecule has 0 spiro atoms. The molecule has 2 aromatic rings. The summed E-state index contributed by atoms with van der Waals surface area (Å²) in [6, 6.07) is 13.2. The minimum atomic E-state index is -0.658. The van der Waals surface area contributed by atoms with E-state index in [9.17, 15) is 5.11 Å². The Kier molecular flexibility index (Phi) is 4.58. The van der Waals surface area contributed by atoms with Crippen LogP contribution in [-0.4, -0.2) is 12.2 Å². The van der Waals surface area contributed by atoms with Crippen LogP contribution in [0, 0.1) is 0 Å². The fourth-order valence-electron chi connectivity index (χ4n) is 1.88. The Bertz CT molecular complexity index is 555. The molecule has 0 saturated carbocycles. The highest BCUT2D eigenvalue weighted by Crippen LogP contribution is 2.30. The smallest absolute Gasteiger partial charge is 0.133 e. The highest BCUT2D eigenvalue weighted by Gasteiger charge is 2.12. The van der Waals surface area contributed by atoms with Crippen LogP contribution in [0.4, 0.5) is 0 Å². The number of aliphatic hydroxyl groups excluding tert-OH is 1. The molecule has 0 aliphatic rings. The zero-order chi connectivity index (χ0) is 13.8. The summed E-state index contributed by atoms with van der Waals surface area (Å²) in [6.07, 6.45) is -0.658. The van der Waals surface area contributed by atoms with Gasteiger partial charge in [0.2, 0.25) is 0 Å². The molecule has 1 unspecified atom stereocenters. The van der Waals surface area contributed by atoms with Gasteiger partial charge >= 0.3 is 0 Å². The highest BCUT2D eigenvalue weighted by atomic mass is 79.9. The summed E-state index contributed by atoms with van der Waals surface area (Å²) in [4.78, 5) is 0. The van der Waals surface area contributed by atoms with Crippen LogP contribution in [-0.2, 0) is 6.54 Å². The fourth-order valence-corrected chi connectivity index (χ4v) is 2.44. The SMILES string of the molecule is COc1ccc(C(O)c2ccc(CN)cc2)cc1Br. The molecule has 19 heavy (non-hydrogen) atoms. The number of aliphatic hydroxyl groups is 1. The summed E-state index contributed by atoms with van der Waals surface area (Å²) in [5.74, 6) is 0.745. The molecule has 0 aromatic heterocycles. The van der Waals surface area contributed by atoms with Gasteiger partial charge in [-0.25, -0.2) is 0 Å². The first-order chi connectivity index (χ1) is 9.15. The van der Waals surface area contributed by atoms with E-state index in [2.05, 4.69) is 15.9 Å². The van der Waals surface area contributed by atoms with Gasteiger partial charge in [-0.15, -0.1) is 0 Å². The molecule has 100 valence electrons. The van der Waals surface area contributed by atoms with Crippen molar-refractivity contribution in [3.8, 4) is 5.75 Å². The third-order valence-electron chi connectivity index (χ3n) is 3.02. The van der Waals surface area contributed by atoms with Crippen molar-refractivity contribution in [1.82, 2.24) is 0 Å². The molecular weight excluding hydrogens is 306 g/mol. The van der Waals surface area contributed by atoms with Gasteiger partial charge in [-0.3, -0.25) is 0 Å². The molecule has 2 rings (SSSR count). The van der Waals surface area contributed by atoms with Gasteiger partial charge in [0.25, 0.3) is 0 Å². The van der Waals surface area contributed by atoms with Crippen molar-refractivity contribution in [1.29, 1.82) is 0 Å². The molecule has 3 nitrogen and oxygen atoms in total. The Morgan fingerprint density at radius 2 is 1.79 bits per heavy atom. The van der Waals surface area contributed by atoms with Crippen LogP contribution in [0.3, 0.4) is 0 Å². The van der Waals surface area contributed by atoms with Gasteiger partial charge in [-0.05, 0) is 44.8 Å². The first-order valence-electron chi connectivity index (χ1n) is 5.96. The molecule has 2 aromatic carbocycles. The first-order valence-corrected chi connectivity index (χ1v) is 6.75. The largest absolute Gasteiger partial charge is 0.496 e. The molecule has 0 radical (unpaired) electrons. The number of methoxy groups -OCH3 is 1. The molecule has 3 N–H and O–H groups in total. The molecule has 0 aliphatic heterocycles. The molecule has 0 saturated heterocycles. The number of halogens is 1. The van der Waals surface area contributed by atoms with Gasteiger partial charge < -0.3 is 15.6 Å². The number of ether oxygens (including phenoxy) is 1. The van der Waals surface area contributed by atoms with Crippen LogP contribution in [0.15, 0.2) is 46.9 Å². The predicted octanol–water partition coefficient (Wildman–Crippen LogP) is 3.00. The van der Waals surface area contributed by atoms with Crippen molar-refractivity contribution in [2.24, 2.45) is 5.73 Å². The summed E-state index contributed by atoms with van der Waals surface area (Å²) < 4.78 is 6.00. The second-order valence-electron chi connectivity index (χ2n) is 4.24. The minimum Gasteiger partial charge on any atom is -0.496 e. The quantitative estimate of drug-likeness (QED) is 0.910. The Balaban J connectivity index is 2.27. The second-order valence-corrected chi connectivity index (χ2v) is 5.10. The molecule has 1 atom stereocenters. The van der Waals surface area contributed by atoms with Gasteiger partial charge in [0.05, 0.1) is 11.6 Å². The van der Waals surface area contributed by atoms with Crippen molar-refractivity contribution in [3.05, 3.63) is 63.6 Å². The van der Waals surface area contributed by atoms with E-state index in [0.717, 1.165) is 26.9 Å². The molecule has 4 heteroatoms. The Hall–Kier alpha value is -1.36. The number of rotatable bonds is 4. The first kappa shape index (κ1) is 14.1. The maximum Gasteiger partial charge on any atom is 0.133 e. The normalized spacial score (nSPS) is 12.2. The average Bonchev–Trinajstić information content (AvgIpc) is 2.46. The highest BCUT2D eigenvalue weighted by molar-refractivity contribution is 9.10. The summed E-state index contributed by atoms with van der Waals surface area (Å²) in [5, 5.41) is 10.4. The summed E-state index contributed by atoms with van der Waals surface area (Å²) in [6.45, 7) is 0.504. The average molecular weight is 322 g/mol. The van der Waals surface area contributed by atoms with Crippen LogP contribution in [0.1, 0.15) is 22.8 Å². The zero-order valence-electron chi connectivity index (χ0n) is 10.6. The lowest BCUT2D eigenvalue weighted by Crippen LogP contribution is -2.01. The van der Waals surface area contributed by atoms with Crippen molar-refractivity contribution >= 4 is 15.9 Å². The summed E-state index contributed by atoms with van der Waals surface area (Å²) in [7, 11) is 1.61. The van der Waals surface area contributed by atoms with E-state index in [-0.39, 0.29) is 0 Å². The summed E-state index contributed by atoms with van der Waals surface area (Å²) in [5.41, 5.74) is 8.26. The second kappa shape index (κ2) is 6.19. The van der Waals surface area contributed by atoms with Crippen LogP contribution in [0.25, 0.3) is 0 Å². The maximum absolute atomic E-state index is 10.4. The fraction of sp³-hybridized carbons (Fsp3) is 0.200. The third kappa shape index (κ3) is 3.15. The topological polar surface area (TPSA) is 55.5 Å². The molecule has 0 heterocycles. The molecule has 0 aliphatic carbocycles. The molecule has 0 bridgehead atoms. The van der Waals surface area contributed by atoms with Gasteiger partial charge in [0.15, 0.2) is 0 Å². The number of hydrogen-bond donors (Lipinski definition) is 2. The number of nitrogens with two attached hydrogens (primary N) is 1. The maximum atomic E-state index is 10.4. The number of hydrogen-bond acceptors (Lipinski definition) is 3. The van der Waals surface area contributed by atoms with E-state index in [1.54, 1.807) is 7.11 Å². The summed E-state index contributed by atoms with van der Waals surface area (Å²) >= 11 is 3.42. The third-order valence-corrected chi connectivity index (χ3v) is 3.64. The predicted molar refractivity (Wildman–Crippen MR) is 79.1 cm³/mol. The zero-order valence-corrected chi connectivity index (χ0v) is 12.2. The Morgan fingerprint density at radius 3 is 2.32 bits per heavy atom. The van der Waals surface area contributed by atoms with Gasteiger partial charge in [-0.1, -0.05) is 30.3 Å². The van der Waals surface area contributed by atoms with Crippen LogP contribution in [0.5, 0.6) is 5.75 Å². The van der Waals surface area contributed by atoms with Crippen LogP contribution in [0.2, 0.25) is 0 Å². The lowest BCUT2D eigenvalue weighted by Gasteiger charge is -2.13. The van der Waals surface area contributed by atoms with E-state index in [1.807, 2.05) is 42.5 Å². The van der Waals surface area contributed by atoms with Crippen LogP contribution < -0.4 is 10.5 Å². The monoisotopic (exact) mass is 321 g/mol. The molecular formula is C15H16BrNO2. The van der Waals surface area contributed by atoms with Crippen molar-refractivity contribution in [2.45, 2.75) is 12.6 Å². The van der Waals surface area contributed by atoms with E-state index in [4.69, 9.17) is 10.5 Å². The standard InChI is InChI=1S/C15H16BrNO2/c1-19-14-7-6-12(8-13(14)16)15(18)11-4-2-10(9-17)3-5-11/h2-8,15,18H,9,17H2,1H3. The van der Waals surface area contributed by atoms with E-state index < -0.39 is 6.10 Å². The van der Waals surface area contributed by atoms with E-state index in [1.165, 1.54) is 0 Å². The van der Waals surface area contributed by atoms with Crippen molar-refractivity contribution in [2.75, 3.05) is 7.11 Å². The van der Waals surface area contributed by atoms with Crippen LogP contribution >= 0.6 is 15.9 Å². The molecule has 0 fully saturated rings. The number of benzene rings is 2. The Morgan fingerprint density at radius 1 is 1.16 bits per heavy atom. The lowest BCUT2D eigenvalue weighted by molar-refractivity contribution is 0.220. The van der Waals surface area contributed by atoms with E-state index in [0.29, 0.717) is 6.54 Å². The van der Waals surface area contributed by atoms with Gasteiger partial charge in [0.1, 0.15) is 11.9 Å². The lowest BCUT2D eigenvalue weighted by atomic mass is 10.0. The molecule has 0 amide bonds. The van der Waals surface area contributed by atoms with Crippen molar-refractivity contribution < 1.29 is 9.84 Å². The van der Waals surface area contributed by atoms with Crippen molar-refractivity contribution in [3.63, 3.8) is 0 Å². The van der Waals surface area contributed by atoms with E-state index >= 15 is 0 Å². The Labute approximate surface area is 121 Å². The van der Waals surface area contributed by atoms with Gasteiger partial charge in [0, 0.05) is 6.54 Å². The van der Waals surface area contributed by atoms with Gasteiger partial charge in [-0.2, -0.15) is 0 Å². The minimum absolute atomic E-state index is 0.504.